The Morgan fingerprint density at radius 1 is 1.06 bits per heavy atom. The van der Waals surface area contributed by atoms with Gasteiger partial charge in [0.15, 0.2) is 11.5 Å². The molecular weight excluding hydrogens is 226 g/mol. The normalized spacial score (nSPS) is 12.2. The Hall–Kier alpha value is -1.63. The SMILES string of the molecule is OCC(CO)(CO)N=Cc1cccc(O)c1O. The Morgan fingerprint density at radius 2 is 1.65 bits per heavy atom. The van der Waals surface area contributed by atoms with E-state index in [0.29, 0.717) is 0 Å². The van der Waals surface area contributed by atoms with Gasteiger partial charge >= 0.3 is 0 Å². The van der Waals surface area contributed by atoms with Gasteiger partial charge in [-0.05, 0) is 12.1 Å². The van der Waals surface area contributed by atoms with Gasteiger partial charge in [0.05, 0.1) is 19.8 Å². The minimum atomic E-state index is -1.39. The molecule has 1 aromatic carbocycles. The number of aliphatic hydroxyl groups excluding tert-OH is 3. The molecule has 0 unspecified atom stereocenters. The number of nitrogens with zero attached hydrogens (tertiary/aromatic N) is 1. The summed E-state index contributed by atoms with van der Waals surface area (Å²) in [6.07, 6.45) is 1.18. The van der Waals surface area contributed by atoms with Crippen molar-refractivity contribution < 1.29 is 25.5 Å². The van der Waals surface area contributed by atoms with Crippen molar-refractivity contribution in [1.29, 1.82) is 0 Å². The topological polar surface area (TPSA) is 114 Å². The monoisotopic (exact) mass is 241 g/mol. The molecule has 0 amide bonds. The van der Waals surface area contributed by atoms with Crippen LogP contribution in [-0.4, -0.2) is 57.1 Å². The fourth-order valence-corrected chi connectivity index (χ4v) is 1.13. The molecule has 0 atom stereocenters. The number of benzene rings is 1. The number of phenols is 2. The van der Waals surface area contributed by atoms with Gasteiger partial charge in [0.2, 0.25) is 0 Å². The molecule has 0 saturated carbocycles. The Labute approximate surface area is 98.1 Å². The minimum Gasteiger partial charge on any atom is -0.504 e. The van der Waals surface area contributed by atoms with Crippen molar-refractivity contribution in [2.75, 3.05) is 19.8 Å². The van der Waals surface area contributed by atoms with E-state index in [0.717, 1.165) is 0 Å². The fourth-order valence-electron chi connectivity index (χ4n) is 1.13. The number of phenolic OH excluding ortho intramolecular Hbond substituents is 2. The zero-order chi connectivity index (χ0) is 12.9. The van der Waals surface area contributed by atoms with Gasteiger partial charge in [0.25, 0.3) is 0 Å². The first-order chi connectivity index (χ1) is 8.08. The fraction of sp³-hybridized carbons (Fsp3) is 0.364. The van der Waals surface area contributed by atoms with Gasteiger partial charge in [-0.1, -0.05) is 6.07 Å². The molecule has 94 valence electrons. The maximum atomic E-state index is 9.48. The molecule has 0 fully saturated rings. The van der Waals surface area contributed by atoms with Crippen LogP contribution in [-0.2, 0) is 0 Å². The number of rotatable bonds is 5. The van der Waals surface area contributed by atoms with E-state index in [-0.39, 0.29) is 17.1 Å². The first-order valence-electron chi connectivity index (χ1n) is 4.97. The number of para-hydroxylation sites is 1. The van der Waals surface area contributed by atoms with Gasteiger partial charge in [-0.2, -0.15) is 0 Å². The summed E-state index contributed by atoms with van der Waals surface area (Å²) >= 11 is 0. The summed E-state index contributed by atoms with van der Waals surface area (Å²) < 4.78 is 0. The average molecular weight is 241 g/mol. The molecule has 0 bridgehead atoms. The molecule has 0 aromatic heterocycles. The Bertz CT molecular complexity index is 393. The van der Waals surface area contributed by atoms with Gasteiger partial charge in [-0.25, -0.2) is 0 Å². The van der Waals surface area contributed by atoms with Crippen LogP contribution in [0.15, 0.2) is 23.2 Å². The molecule has 5 N–H and O–H groups in total. The van der Waals surface area contributed by atoms with Crippen LogP contribution in [0.3, 0.4) is 0 Å². The van der Waals surface area contributed by atoms with Crippen LogP contribution in [0, 0.1) is 0 Å². The van der Waals surface area contributed by atoms with Gasteiger partial charge in [-0.15, -0.1) is 0 Å². The third-order valence-electron chi connectivity index (χ3n) is 2.41. The molecule has 1 aromatic rings. The Kier molecular flexibility index (Phi) is 4.45. The van der Waals surface area contributed by atoms with E-state index in [2.05, 4.69) is 4.99 Å². The molecule has 0 saturated heterocycles. The van der Waals surface area contributed by atoms with Crippen molar-refractivity contribution in [3.8, 4) is 11.5 Å². The third kappa shape index (κ3) is 2.94. The van der Waals surface area contributed by atoms with Crippen LogP contribution in [0.25, 0.3) is 0 Å². The maximum Gasteiger partial charge on any atom is 0.166 e. The van der Waals surface area contributed by atoms with Crippen LogP contribution >= 0.6 is 0 Å². The van der Waals surface area contributed by atoms with Crippen molar-refractivity contribution in [3.63, 3.8) is 0 Å². The molecular formula is C11H15NO5. The lowest BCUT2D eigenvalue weighted by Gasteiger charge is -2.22. The molecule has 17 heavy (non-hydrogen) atoms. The molecule has 6 heteroatoms. The number of aliphatic imine (C=N–C) groups is 1. The van der Waals surface area contributed by atoms with Crippen LogP contribution < -0.4 is 0 Å². The molecule has 0 heterocycles. The second-order valence-electron chi connectivity index (χ2n) is 3.67. The number of hydrogen-bond acceptors (Lipinski definition) is 6. The smallest absolute Gasteiger partial charge is 0.166 e. The zero-order valence-corrected chi connectivity index (χ0v) is 9.11. The van der Waals surface area contributed by atoms with Crippen LogP contribution in [0.4, 0.5) is 0 Å². The minimum absolute atomic E-state index is 0.227. The van der Waals surface area contributed by atoms with E-state index in [1.807, 2.05) is 0 Å². The number of hydrogen-bond donors (Lipinski definition) is 5. The summed E-state index contributed by atoms with van der Waals surface area (Å²) in [5.74, 6) is -0.643. The van der Waals surface area contributed by atoms with Gasteiger partial charge in [-0.3, -0.25) is 4.99 Å². The quantitative estimate of drug-likeness (QED) is 0.343. The molecule has 0 aliphatic heterocycles. The summed E-state index contributed by atoms with van der Waals surface area (Å²) in [5.41, 5.74) is -1.16. The van der Waals surface area contributed by atoms with E-state index in [9.17, 15) is 10.2 Å². The summed E-state index contributed by atoms with van der Waals surface area (Å²) in [4.78, 5) is 3.84. The summed E-state index contributed by atoms with van der Waals surface area (Å²) in [6, 6.07) is 4.31. The molecule has 0 spiro atoms. The second-order valence-corrected chi connectivity index (χ2v) is 3.67. The van der Waals surface area contributed by atoms with E-state index >= 15 is 0 Å². The summed E-state index contributed by atoms with van der Waals surface area (Å²) in [5, 5.41) is 45.8. The lowest BCUT2D eigenvalue weighted by molar-refractivity contribution is 0.0718. The van der Waals surface area contributed by atoms with Crippen molar-refractivity contribution in [3.05, 3.63) is 23.8 Å². The van der Waals surface area contributed by atoms with Gasteiger partial charge in [0, 0.05) is 11.8 Å². The molecule has 0 radical (unpaired) electrons. The average Bonchev–Trinajstić information content (AvgIpc) is 2.36. The molecule has 0 aliphatic carbocycles. The molecule has 1 rings (SSSR count). The summed E-state index contributed by atoms with van der Waals surface area (Å²) in [7, 11) is 0. The van der Waals surface area contributed by atoms with Crippen molar-refractivity contribution in [2.24, 2.45) is 4.99 Å². The van der Waals surface area contributed by atoms with E-state index in [1.54, 1.807) is 0 Å². The Balaban J connectivity index is 3.00. The van der Waals surface area contributed by atoms with Crippen LogP contribution in [0.1, 0.15) is 5.56 Å². The predicted molar refractivity (Wildman–Crippen MR) is 61.4 cm³/mol. The molecule has 0 aliphatic rings. The number of aromatic hydroxyl groups is 2. The van der Waals surface area contributed by atoms with Crippen molar-refractivity contribution in [2.45, 2.75) is 5.54 Å². The highest BCUT2D eigenvalue weighted by molar-refractivity contribution is 5.85. The van der Waals surface area contributed by atoms with E-state index < -0.39 is 25.4 Å². The second kappa shape index (κ2) is 5.62. The third-order valence-corrected chi connectivity index (χ3v) is 2.41. The van der Waals surface area contributed by atoms with Crippen molar-refractivity contribution >= 4 is 6.21 Å². The zero-order valence-electron chi connectivity index (χ0n) is 9.11. The lowest BCUT2D eigenvalue weighted by Crippen LogP contribution is -2.39. The van der Waals surface area contributed by atoms with Gasteiger partial charge < -0.3 is 25.5 Å². The Morgan fingerprint density at radius 3 is 2.18 bits per heavy atom. The molecule has 6 nitrogen and oxygen atoms in total. The highest BCUT2D eigenvalue weighted by Crippen LogP contribution is 2.27. The van der Waals surface area contributed by atoms with Crippen LogP contribution in [0.2, 0.25) is 0 Å². The number of aliphatic hydroxyl groups is 3. The largest absolute Gasteiger partial charge is 0.504 e. The van der Waals surface area contributed by atoms with Gasteiger partial charge in [0.1, 0.15) is 5.54 Å². The first kappa shape index (κ1) is 13.4. The standard InChI is InChI=1S/C11H15NO5/c13-5-11(6-14,7-15)12-4-8-2-1-3-9(16)10(8)17/h1-4,13-17H,5-7H2. The van der Waals surface area contributed by atoms with E-state index in [4.69, 9.17) is 15.3 Å². The lowest BCUT2D eigenvalue weighted by atomic mass is 10.0. The highest BCUT2D eigenvalue weighted by Gasteiger charge is 2.26. The van der Waals surface area contributed by atoms with Crippen molar-refractivity contribution in [1.82, 2.24) is 0 Å². The predicted octanol–water partition coefficient (Wildman–Crippen LogP) is -0.768. The maximum absolute atomic E-state index is 9.48. The van der Waals surface area contributed by atoms with Crippen LogP contribution in [0.5, 0.6) is 11.5 Å². The first-order valence-corrected chi connectivity index (χ1v) is 4.97. The highest BCUT2D eigenvalue weighted by atomic mass is 16.3. The van der Waals surface area contributed by atoms with E-state index in [1.165, 1.54) is 24.4 Å². The summed E-state index contributed by atoms with van der Waals surface area (Å²) in [6.45, 7) is -1.60.